The lowest BCUT2D eigenvalue weighted by molar-refractivity contribution is -0.148. The topological polar surface area (TPSA) is 36.0 Å². The molecule has 2 saturated heterocycles. The number of morpholine rings is 1. The van der Waals surface area contributed by atoms with Crippen LogP contribution in [-0.2, 0) is 16.1 Å². The number of benzene rings is 1. The van der Waals surface area contributed by atoms with Crippen LogP contribution in [-0.4, -0.2) is 78.1 Å². The van der Waals surface area contributed by atoms with Crippen LogP contribution < -0.4 is 0 Å². The molecule has 0 aromatic heterocycles. The first-order valence-electron chi connectivity index (χ1n) is 9.68. The summed E-state index contributed by atoms with van der Waals surface area (Å²) in [7, 11) is 0. The SMILES string of the molecule is CC1CN(C(=O)C(C)N2CCN(Cc3c(F)cccc3Cl)CC2)CC(C)O1. The molecule has 0 bridgehead atoms. The number of carbonyl (C=O) groups is 1. The molecule has 5 nitrogen and oxygen atoms in total. The Hall–Kier alpha value is -1.21. The molecular weight excluding hydrogens is 369 g/mol. The number of hydrogen-bond donors (Lipinski definition) is 0. The van der Waals surface area contributed by atoms with Gasteiger partial charge in [0, 0.05) is 56.4 Å². The maximum absolute atomic E-state index is 14.0. The zero-order chi connectivity index (χ0) is 19.6. The van der Waals surface area contributed by atoms with Crippen LogP contribution in [0.25, 0.3) is 0 Å². The van der Waals surface area contributed by atoms with Crippen molar-refractivity contribution < 1.29 is 13.9 Å². The summed E-state index contributed by atoms with van der Waals surface area (Å²) in [6.07, 6.45) is 0.152. The number of hydrogen-bond acceptors (Lipinski definition) is 4. The molecule has 1 aromatic rings. The summed E-state index contributed by atoms with van der Waals surface area (Å²) in [4.78, 5) is 19.2. The number of amides is 1. The van der Waals surface area contributed by atoms with Gasteiger partial charge in [-0.05, 0) is 32.9 Å². The molecule has 0 spiro atoms. The monoisotopic (exact) mass is 397 g/mol. The van der Waals surface area contributed by atoms with Gasteiger partial charge in [-0.3, -0.25) is 14.6 Å². The van der Waals surface area contributed by atoms with Gasteiger partial charge in [0.2, 0.25) is 5.91 Å². The van der Waals surface area contributed by atoms with Crippen LogP contribution in [0.5, 0.6) is 0 Å². The number of halogens is 2. The van der Waals surface area contributed by atoms with E-state index in [4.69, 9.17) is 16.3 Å². The Bertz CT molecular complexity index is 636. The van der Waals surface area contributed by atoms with Crippen LogP contribution >= 0.6 is 11.6 Å². The highest BCUT2D eigenvalue weighted by Gasteiger charge is 2.32. The Morgan fingerprint density at radius 3 is 2.44 bits per heavy atom. The van der Waals surface area contributed by atoms with Crippen molar-refractivity contribution in [1.82, 2.24) is 14.7 Å². The first-order chi connectivity index (χ1) is 12.8. The fraction of sp³-hybridized carbons (Fsp3) is 0.650. The van der Waals surface area contributed by atoms with Gasteiger partial charge in [0.1, 0.15) is 5.82 Å². The minimum absolute atomic E-state index is 0.0762. The molecular formula is C20H29ClFN3O2. The maximum Gasteiger partial charge on any atom is 0.239 e. The molecule has 2 heterocycles. The molecule has 2 aliphatic heterocycles. The summed E-state index contributed by atoms with van der Waals surface area (Å²) in [5, 5.41) is 0.469. The average Bonchev–Trinajstić information content (AvgIpc) is 2.63. The average molecular weight is 398 g/mol. The van der Waals surface area contributed by atoms with Crippen molar-refractivity contribution in [3.8, 4) is 0 Å². The van der Waals surface area contributed by atoms with E-state index in [1.807, 2.05) is 25.7 Å². The molecule has 2 aliphatic rings. The Morgan fingerprint density at radius 2 is 1.85 bits per heavy atom. The molecule has 7 heteroatoms. The fourth-order valence-corrected chi connectivity index (χ4v) is 4.22. The van der Waals surface area contributed by atoms with E-state index >= 15 is 0 Å². The molecule has 3 rings (SSSR count). The van der Waals surface area contributed by atoms with Gasteiger partial charge in [-0.25, -0.2) is 4.39 Å². The van der Waals surface area contributed by atoms with Crippen molar-refractivity contribution in [3.05, 3.63) is 34.6 Å². The molecule has 27 heavy (non-hydrogen) atoms. The summed E-state index contributed by atoms with van der Waals surface area (Å²) in [5.74, 6) is -0.0911. The Labute approximate surface area is 166 Å². The lowest BCUT2D eigenvalue weighted by Crippen LogP contribution is -2.57. The van der Waals surface area contributed by atoms with Gasteiger partial charge in [-0.15, -0.1) is 0 Å². The van der Waals surface area contributed by atoms with Crippen LogP contribution in [0.1, 0.15) is 26.3 Å². The summed E-state index contributed by atoms with van der Waals surface area (Å²) in [6.45, 7) is 11.0. The van der Waals surface area contributed by atoms with E-state index in [1.54, 1.807) is 12.1 Å². The summed E-state index contributed by atoms with van der Waals surface area (Å²) in [5.41, 5.74) is 0.549. The zero-order valence-corrected chi connectivity index (χ0v) is 17.1. The van der Waals surface area contributed by atoms with E-state index in [1.165, 1.54) is 6.07 Å². The van der Waals surface area contributed by atoms with Gasteiger partial charge in [0.15, 0.2) is 0 Å². The van der Waals surface area contributed by atoms with Gasteiger partial charge in [-0.2, -0.15) is 0 Å². The quantitative estimate of drug-likeness (QED) is 0.782. The predicted octanol–water partition coefficient (Wildman–Crippen LogP) is 2.62. The lowest BCUT2D eigenvalue weighted by atomic mass is 10.1. The first kappa shape index (κ1) is 20.5. The normalized spacial score (nSPS) is 26.2. The van der Waals surface area contributed by atoms with E-state index in [-0.39, 0.29) is 30.0 Å². The van der Waals surface area contributed by atoms with E-state index in [2.05, 4.69) is 9.80 Å². The second-order valence-electron chi connectivity index (χ2n) is 7.69. The van der Waals surface area contributed by atoms with Crippen LogP contribution in [0, 0.1) is 5.82 Å². The summed E-state index contributed by atoms with van der Waals surface area (Å²) >= 11 is 6.14. The van der Waals surface area contributed by atoms with Crippen LogP contribution in [0.15, 0.2) is 18.2 Å². The number of piperazine rings is 1. The highest BCUT2D eigenvalue weighted by Crippen LogP contribution is 2.22. The molecule has 150 valence electrons. The Balaban J connectivity index is 1.53. The number of carbonyl (C=O) groups excluding carboxylic acids is 1. The largest absolute Gasteiger partial charge is 0.372 e. The third kappa shape index (κ3) is 4.99. The Kier molecular flexibility index (Phi) is 6.74. The second kappa shape index (κ2) is 8.86. The van der Waals surface area contributed by atoms with Gasteiger partial charge >= 0.3 is 0 Å². The highest BCUT2D eigenvalue weighted by atomic mass is 35.5. The molecule has 3 unspecified atom stereocenters. The lowest BCUT2D eigenvalue weighted by Gasteiger charge is -2.41. The highest BCUT2D eigenvalue weighted by molar-refractivity contribution is 6.31. The third-order valence-corrected chi connectivity index (χ3v) is 5.84. The zero-order valence-electron chi connectivity index (χ0n) is 16.3. The minimum atomic E-state index is -0.260. The standard InChI is InChI=1S/C20H29ClFN3O2/c1-14-11-25(12-15(2)27-14)20(26)16(3)24-9-7-23(8-10-24)13-17-18(21)5-4-6-19(17)22/h4-6,14-16H,7-13H2,1-3H3. The van der Waals surface area contributed by atoms with E-state index < -0.39 is 0 Å². The minimum Gasteiger partial charge on any atom is -0.372 e. The van der Waals surface area contributed by atoms with E-state index in [0.717, 1.165) is 26.2 Å². The van der Waals surface area contributed by atoms with Crippen molar-refractivity contribution in [2.45, 2.75) is 45.6 Å². The maximum atomic E-state index is 14.0. The number of rotatable bonds is 4. The molecule has 3 atom stereocenters. The summed E-state index contributed by atoms with van der Waals surface area (Å²) < 4.78 is 19.7. The first-order valence-corrected chi connectivity index (χ1v) is 10.1. The fourth-order valence-electron chi connectivity index (χ4n) is 3.99. The predicted molar refractivity (Wildman–Crippen MR) is 104 cm³/mol. The van der Waals surface area contributed by atoms with E-state index in [0.29, 0.717) is 30.2 Å². The smallest absolute Gasteiger partial charge is 0.239 e. The number of nitrogens with zero attached hydrogens (tertiary/aromatic N) is 3. The molecule has 1 amide bonds. The number of ether oxygens (including phenoxy) is 1. The van der Waals surface area contributed by atoms with Crippen molar-refractivity contribution in [3.63, 3.8) is 0 Å². The van der Waals surface area contributed by atoms with Gasteiger partial charge < -0.3 is 9.64 Å². The molecule has 1 aromatic carbocycles. The third-order valence-electron chi connectivity index (χ3n) is 5.49. The van der Waals surface area contributed by atoms with Crippen molar-refractivity contribution in [2.75, 3.05) is 39.3 Å². The van der Waals surface area contributed by atoms with Crippen LogP contribution in [0.4, 0.5) is 4.39 Å². The molecule has 2 fully saturated rings. The molecule has 0 N–H and O–H groups in total. The van der Waals surface area contributed by atoms with Crippen molar-refractivity contribution in [1.29, 1.82) is 0 Å². The van der Waals surface area contributed by atoms with Crippen LogP contribution in [0.3, 0.4) is 0 Å². The summed E-state index contributed by atoms with van der Waals surface area (Å²) in [6, 6.07) is 4.64. The van der Waals surface area contributed by atoms with Gasteiger partial charge in [0.05, 0.1) is 18.2 Å². The van der Waals surface area contributed by atoms with Gasteiger partial charge in [-0.1, -0.05) is 17.7 Å². The van der Waals surface area contributed by atoms with E-state index in [9.17, 15) is 9.18 Å². The molecule has 0 saturated carbocycles. The van der Waals surface area contributed by atoms with Crippen molar-refractivity contribution >= 4 is 17.5 Å². The molecule has 0 radical (unpaired) electrons. The van der Waals surface area contributed by atoms with Crippen LogP contribution in [0.2, 0.25) is 5.02 Å². The Morgan fingerprint density at radius 1 is 1.22 bits per heavy atom. The van der Waals surface area contributed by atoms with Gasteiger partial charge in [0.25, 0.3) is 0 Å². The second-order valence-corrected chi connectivity index (χ2v) is 8.10. The molecule has 0 aliphatic carbocycles. The van der Waals surface area contributed by atoms with Crippen molar-refractivity contribution in [2.24, 2.45) is 0 Å².